The highest BCUT2D eigenvalue weighted by atomic mass is 32.1. The molecule has 3 aromatic carbocycles. The zero-order valence-corrected chi connectivity index (χ0v) is 15.4. The van der Waals surface area contributed by atoms with Crippen LogP contribution in [0.3, 0.4) is 0 Å². The lowest BCUT2D eigenvalue weighted by atomic mass is 10.2. The topological polar surface area (TPSA) is 41.9 Å². The third-order valence-corrected chi connectivity index (χ3v) is 4.26. The van der Waals surface area contributed by atoms with Crippen molar-refractivity contribution >= 4 is 28.8 Å². The number of rotatable bonds is 4. The summed E-state index contributed by atoms with van der Waals surface area (Å²) in [7, 11) is 0. The van der Waals surface area contributed by atoms with Gasteiger partial charge in [-0.25, -0.2) is 4.68 Å². The van der Waals surface area contributed by atoms with Crippen LogP contribution in [0.25, 0.3) is 16.9 Å². The van der Waals surface area contributed by atoms with Crippen molar-refractivity contribution in [2.24, 2.45) is 0 Å². The number of aromatic nitrogens is 2. The van der Waals surface area contributed by atoms with Crippen LogP contribution in [0.2, 0.25) is 0 Å². The summed E-state index contributed by atoms with van der Waals surface area (Å²) >= 11 is 5.49. The average molecular weight is 370 g/mol. The molecule has 5 heteroatoms. The maximum Gasteiger partial charge on any atom is 0.176 e. The first kappa shape index (κ1) is 17.0. The van der Waals surface area contributed by atoms with Crippen LogP contribution in [0.15, 0.2) is 97.1 Å². The molecule has 1 aromatic heterocycles. The van der Waals surface area contributed by atoms with Gasteiger partial charge < -0.3 is 10.6 Å². The van der Waals surface area contributed by atoms with Crippen LogP contribution < -0.4 is 10.6 Å². The van der Waals surface area contributed by atoms with Crippen LogP contribution in [0.5, 0.6) is 0 Å². The highest BCUT2D eigenvalue weighted by molar-refractivity contribution is 7.80. The lowest BCUT2D eigenvalue weighted by molar-refractivity contribution is 0.893. The summed E-state index contributed by atoms with van der Waals surface area (Å²) in [5.41, 5.74) is 3.83. The van der Waals surface area contributed by atoms with Gasteiger partial charge >= 0.3 is 0 Å². The standard InChI is InChI=1S/C22H18N4S/c27-22(23-18-12-6-2-7-13-18)24-21-16-20(17-10-4-1-5-11-17)25-26(21)19-14-8-3-9-15-19/h1-16H,(H2,23,24,27). The Hall–Kier alpha value is -3.44. The van der Waals surface area contributed by atoms with Crippen molar-refractivity contribution in [3.8, 4) is 16.9 Å². The summed E-state index contributed by atoms with van der Waals surface area (Å²) in [5.74, 6) is 0.800. The Bertz CT molecular complexity index is 1030. The molecule has 0 aliphatic rings. The SMILES string of the molecule is S=C(Nc1ccccc1)Nc1cc(-c2ccccc2)nn1-c1ccccc1. The van der Waals surface area contributed by atoms with Crippen LogP contribution in [0, 0.1) is 0 Å². The number of para-hydroxylation sites is 2. The molecule has 132 valence electrons. The van der Waals surface area contributed by atoms with E-state index in [9.17, 15) is 0 Å². The molecular weight excluding hydrogens is 352 g/mol. The van der Waals surface area contributed by atoms with Gasteiger partial charge in [-0.05, 0) is 36.5 Å². The lowest BCUT2D eigenvalue weighted by Gasteiger charge is -2.12. The van der Waals surface area contributed by atoms with Crippen molar-refractivity contribution in [2.75, 3.05) is 10.6 Å². The molecule has 27 heavy (non-hydrogen) atoms. The predicted molar refractivity (Wildman–Crippen MR) is 115 cm³/mol. The summed E-state index contributed by atoms with van der Waals surface area (Å²) < 4.78 is 1.86. The van der Waals surface area contributed by atoms with E-state index < -0.39 is 0 Å². The molecule has 4 nitrogen and oxygen atoms in total. The third kappa shape index (κ3) is 4.04. The van der Waals surface area contributed by atoms with Gasteiger partial charge in [0.2, 0.25) is 0 Å². The van der Waals surface area contributed by atoms with Crippen molar-refractivity contribution in [1.29, 1.82) is 0 Å². The summed E-state index contributed by atoms with van der Waals surface area (Å²) in [6.45, 7) is 0. The predicted octanol–water partition coefficient (Wildman–Crippen LogP) is 5.35. The minimum atomic E-state index is 0.512. The van der Waals surface area contributed by atoms with Gasteiger partial charge in [-0.15, -0.1) is 0 Å². The first-order valence-corrected chi connectivity index (χ1v) is 9.04. The van der Waals surface area contributed by atoms with Gasteiger partial charge in [0, 0.05) is 17.3 Å². The fourth-order valence-corrected chi connectivity index (χ4v) is 3.01. The van der Waals surface area contributed by atoms with Gasteiger partial charge in [0.25, 0.3) is 0 Å². The second-order valence-corrected chi connectivity index (χ2v) is 6.38. The highest BCUT2D eigenvalue weighted by Crippen LogP contribution is 2.24. The molecule has 0 aliphatic carbocycles. The molecular formula is C22H18N4S. The van der Waals surface area contributed by atoms with E-state index in [0.29, 0.717) is 5.11 Å². The molecule has 0 saturated carbocycles. The molecule has 0 atom stereocenters. The minimum absolute atomic E-state index is 0.512. The quantitative estimate of drug-likeness (QED) is 0.475. The molecule has 4 rings (SSSR count). The Kier molecular flexibility index (Phi) is 4.94. The van der Waals surface area contributed by atoms with Gasteiger partial charge in [0.05, 0.1) is 11.4 Å². The van der Waals surface area contributed by atoms with E-state index in [0.717, 1.165) is 28.5 Å². The number of benzene rings is 3. The van der Waals surface area contributed by atoms with E-state index in [2.05, 4.69) is 10.6 Å². The third-order valence-electron chi connectivity index (χ3n) is 4.05. The molecule has 0 saturated heterocycles. The normalized spacial score (nSPS) is 10.4. The van der Waals surface area contributed by atoms with Crippen LogP contribution in [-0.2, 0) is 0 Å². The summed E-state index contributed by atoms with van der Waals surface area (Å²) in [6, 6.07) is 31.9. The van der Waals surface area contributed by atoms with Crippen molar-refractivity contribution in [2.45, 2.75) is 0 Å². The zero-order valence-electron chi connectivity index (χ0n) is 14.5. The molecule has 0 spiro atoms. The first-order chi connectivity index (χ1) is 13.3. The number of hydrogen-bond acceptors (Lipinski definition) is 2. The van der Waals surface area contributed by atoms with E-state index in [4.69, 9.17) is 17.3 Å². The molecule has 1 heterocycles. The lowest BCUT2D eigenvalue weighted by Crippen LogP contribution is -2.20. The van der Waals surface area contributed by atoms with Gasteiger partial charge in [-0.2, -0.15) is 5.10 Å². The van der Waals surface area contributed by atoms with E-state index in [1.54, 1.807) is 0 Å². The highest BCUT2D eigenvalue weighted by Gasteiger charge is 2.12. The van der Waals surface area contributed by atoms with Gasteiger partial charge in [-0.1, -0.05) is 66.7 Å². The van der Waals surface area contributed by atoms with Gasteiger partial charge in [0.15, 0.2) is 5.11 Å². The van der Waals surface area contributed by atoms with Gasteiger partial charge in [0.1, 0.15) is 5.82 Å². The maximum absolute atomic E-state index is 5.49. The molecule has 0 unspecified atom stereocenters. The fourth-order valence-electron chi connectivity index (χ4n) is 2.79. The second kappa shape index (κ2) is 7.85. The largest absolute Gasteiger partial charge is 0.332 e. The van der Waals surface area contributed by atoms with E-state index in [1.165, 1.54) is 0 Å². The van der Waals surface area contributed by atoms with E-state index in [-0.39, 0.29) is 0 Å². The maximum atomic E-state index is 5.49. The summed E-state index contributed by atoms with van der Waals surface area (Å²) in [4.78, 5) is 0. The van der Waals surface area contributed by atoms with Crippen LogP contribution >= 0.6 is 12.2 Å². The first-order valence-electron chi connectivity index (χ1n) is 8.63. The van der Waals surface area contributed by atoms with Crippen LogP contribution in [0.1, 0.15) is 0 Å². The molecule has 0 radical (unpaired) electrons. The van der Waals surface area contributed by atoms with Crippen molar-refractivity contribution in [3.63, 3.8) is 0 Å². The van der Waals surface area contributed by atoms with Crippen molar-refractivity contribution < 1.29 is 0 Å². The van der Waals surface area contributed by atoms with Crippen molar-refractivity contribution in [3.05, 3.63) is 97.1 Å². The molecule has 0 bridgehead atoms. The Labute approximate surface area is 163 Å². The van der Waals surface area contributed by atoms with E-state index in [1.807, 2.05) is 102 Å². The summed E-state index contributed by atoms with van der Waals surface area (Å²) in [5, 5.41) is 11.8. The number of hydrogen-bond donors (Lipinski definition) is 2. The zero-order chi connectivity index (χ0) is 18.5. The van der Waals surface area contributed by atoms with Crippen LogP contribution in [-0.4, -0.2) is 14.9 Å². The molecule has 4 aromatic rings. The van der Waals surface area contributed by atoms with Gasteiger partial charge in [-0.3, -0.25) is 0 Å². The Balaban J connectivity index is 1.66. The Morgan fingerprint density at radius 3 is 2.00 bits per heavy atom. The molecule has 0 fully saturated rings. The molecule has 0 aliphatic heterocycles. The van der Waals surface area contributed by atoms with Crippen LogP contribution in [0.4, 0.5) is 11.5 Å². The molecule has 0 amide bonds. The fraction of sp³-hybridized carbons (Fsp3) is 0. The van der Waals surface area contributed by atoms with E-state index >= 15 is 0 Å². The monoisotopic (exact) mass is 370 g/mol. The van der Waals surface area contributed by atoms with Crippen molar-refractivity contribution in [1.82, 2.24) is 9.78 Å². The second-order valence-electron chi connectivity index (χ2n) is 5.97. The number of anilines is 2. The Morgan fingerprint density at radius 1 is 0.741 bits per heavy atom. The number of nitrogens with zero attached hydrogens (tertiary/aromatic N) is 2. The smallest absolute Gasteiger partial charge is 0.176 e. The number of thiocarbonyl (C=S) groups is 1. The number of nitrogens with one attached hydrogen (secondary N) is 2. The average Bonchev–Trinajstić information content (AvgIpc) is 3.14. The minimum Gasteiger partial charge on any atom is -0.332 e. The summed E-state index contributed by atoms with van der Waals surface area (Å²) in [6.07, 6.45) is 0. The molecule has 2 N–H and O–H groups in total. The Morgan fingerprint density at radius 2 is 1.33 bits per heavy atom.